The lowest BCUT2D eigenvalue weighted by Crippen LogP contribution is -2.18. The Morgan fingerprint density at radius 2 is 1.10 bits per heavy atom. The van der Waals surface area contributed by atoms with Crippen LogP contribution in [-0.4, -0.2) is 17.4 Å². The monoisotopic (exact) mass is 428 g/mol. The van der Waals surface area contributed by atoms with Gasteiger partial charge in [-0.25, -0.2) is 0 Å². The van der Waals surface area contributed by atoms with E-state index in [9.17, 15) is 0 Å². The maximum Gasteiger partial charge on any atom is 0.128 e. The van der Waals surface area contributed by atoms with E-state index < -0.39 is 0 Å². The van der Waals surface area contributed by atoms with Crippen LogP contribution in [0.15, 0.2) is 72.8 Å². The van der Waals surface area contributed by atoms with Gasteiger partial charge in [0.05, 0.1) is 6.10 Å². The number of benzene rings is 4. The molecule has 0 heterocycles. The van der Waals surface area contributed by atoms with Crippen molar-refractivity contribution >= 4 is 34.8 Å². The molecule has 0 saturated carbocycles. The number of hydrogen-bond acceptors (Lipinski definition) is 1. The first-order chi connectivity index (χ1) is 14.9. The van der Waals surface area contributed by atoms with Gasteiger partial charge in [-0.3, -0.25) is 0 Å². The summed E-state index contributed by atoms with van der Waals surface area (Å²) in [6.45, 7) is 13.7. The number of ether oxygens (including phenoxy) is 1. The van der Waals surface area contributed by atoms with E-state index in [-0.39, 0.29) is 14.0 Å². The number of rotatable bonds is 6. The first-order valence-electron chi connectivity index (χ1n) is 11.4. The summed E-state index contributed by atoms with van der Waals surface area (Å²) in [4.78, 5) is 0. The van der Waals surface area contributed by atoms with Crippen molar-refractivity contribution in [2.24, 2.45) is 0 Å². The SMILES string of the molecule is CC(C)Oc1ccc2ccccc2c1-c1c(P(C(C)C)C(C)C)ccc2ccccc12. The largest absolute Gasteiger partial charge is 0.490 e. The van der Waals surface area contributed by atoms with E-state index in [0.29, 0.717) is 11.3 Å². The molecule has 0 atom stereocenters. The van der Waals surface area contributed by atoms with Gasteiger partial charge >= 0.3 is 0 Å². The van der Waals surface area contributed by atoms with E-state index in [1.165, 1.54) is 38.0 Å². The summed E-state index contributed by atoms with van der Waals surface area (Å²) in [5.74, 6) is 0.980. The van der Waals surface area contributed by atoms with Crippen molar-refractivity contribution in [2.75, 3.05) is 0 Å². The van der Waals surface area contributed by atoms with Crippen LogP contribution in [0.3, 0.4) is 0 Å². The molecule has 4 aromatic carbocycles. The van der Waals surface area contributed by atoms with Crippen molar-refractivity contribution < 1.29 is 4.74 Å². The van der Waals surface area contributed by atoms with Gasteiger partial charge in [0.15, 0.2) is 0 Å². The predicted octanol–water partition coefficient (Wildman–Crippen LogP) is 8.37. The lowest BCUT2D eigenvalue weighted by Gasteiger charge is -2.30. The third kappa shape index (κ3) is 4.21. The Bertz CT molecular complexity index is 1200. The summed E-state index contributed by atoms with van der Waals surface area (Å²) in [7, 11) is -0.335. The Morgan fingerprint density at radius 3 is 1.65 bits per heavy atom. The van der Waals surface area contributed by atoms with E-state index in [0.717, 1.165) is 5.75 Å². The third-order valence-electron chi connectivity index (χ3n) is 5.80. The molecule has 31 heavy (non-hydrogen) atoms. The molecule has 2 heteroatoms. The van der Waals surface area contributed by atoms with Gasteiger partial charge in [-0.1, -0.05) is 102 Å². The molecule has 0 saturated heterocycles. The molecule has 0 spiro atoms. The number of hydrogen-bond donors (Lipinski definition) is 0. The molecule has 4 aromatic rings. The summed E-state index contributed by atoms with van der Waals surface area (Å²) in [5, 5.41) is 6.61. The van der Waals surface area contributed by atoms with Gasteiger partial charge in [0.1, 0.15) is 5.75 Å². The lowest BCUT2D eigenvalue weighted by atomic mass is 9.93. The Balaban J connectivity index is 2.17. The molecule has 0 fully saturated rings. The van der Waals surface area contributed by atoms with Crippen LogP contribution < -0.4 is 10.0 Å². The maximum absolute atomic E-state index is 6.42. The Hall–Kier alpha value is -2.37. The minimum atomic E-state index is -0.335. The van der Waals surface area contributed by atoms with Crippen molar-refractivity contribution in [2.45, 2.75) is 59.0 Å². The molecule has 0 amide bonds. The predicted molar refractivity (Wildman–Crippen MR) is 139 cm³/mol. The Kier molecular flexibility index (Phi) is 6.35. The highest BCUT2D eigenvalue weighted by Crippen LogP contribution is 2.50. The molecule has 0 bridgehead atoms. The molecule has 1 nitrogen and oxygen atoms in total. The van der Waals surface area contributed by atoms with Crippen LogP contribution in [0.4, 0.5) is 0 Å². The lowest BCUT2D eigenvalue weighted by molar-refractivity contribution is 0.244. The van der Waals surface area contributed by atoms with Crippen molar-refractivity contribution in [3.05, 3.63) is 72.8 Å². The molecule has 0 aliphatic carbocycles. The summed E-state index contributed by atoms with van der Waals surface area (Å²) in [6, 6.07) is 26.6. The van der Waals surface area contributed by atoms with E-state index >= 15 is 0 Å². The van der Waals surface area contributed by atoms with Gasteiger partial charge in [-0.05, 0) is 58.1 Å². The van der Waals surface area contributed by atoms with E-state index in [1.54, 1.807) is 0 Å². The van der Waals surface area contributed by atoms with E-state index in [1.807, 2.05) is 0 Å². The Labute approximate surface area is 188 Å². The minimum absolute atomic E-state index is 0.120. The Morgan fingerprint density at radius 1 is 0.581 bits per heavy atom. The quantitative estimate of drug-likeness (QED) is 0.280. The second-order valence-corrected chi connectivity index (χ2v) is 12.5. The molecular formula is C29H33OP. The molecule has 160 valence electrons. The average Bonchev–Trinajstić information content (AvgIpc) is 2.73. The third-order valence-corrected chi connectivity index (χ3v) is 8.96. The van der Waals surface area contributed by atoms with Crippen LogP contribution >= 0.6 is 7.92 Å². The van der Waals surface area contributed by atoms with Crippen LogP contribution in [0.2, 0.25) is 0 Å². The molecule has 0 aliphatic heterocycles. The highest BCUT2D eigenvalue weighted by atomic mass is 31.1. The van der Waals surface area contributed by atoms with E-state index in [2.05, 4.69) is 114 Å². The van der Waals surface area contributed by atoms with Crippen LogP contribution in [0.1, 0.15) is 41.5 Å². The minimum Gasteiger partial charge on any atom is -0.490 e. The zero-order chi connectivity index (χ0) is 22.1. The first kappa shape index (κ1) is 21.8. The highest BCUT2D eigenvalue weighted by molar-refractivity contribution is 7.67. The van der Waals surface area contributed by atoms with Gasteiger partial charge in [0.25, 0.3) is 0 Å². The summed E-state index contributed by atoms with van der Waals surface area (Å²) >= 11 is 0. The summed E-state index contributed by atoms with van der Waals surface area (Å²) < 4.78 is 6.42. The van der Waals surface area contributed by atoms with E-state index in [4.69, 9.17) is 4.74 Å². The fourth-order valence-corrected chi connectivity index (χ4v) is 7.79. The molecule has 4 rings (SSSR count). The van der Waals surface area contributed by atoms with Gasteiger partial charge < -0.3 is 4.74 Å². The summed E-state index contributed by atoms with van der Waals surface area (Å²) in [6.07, 6.45) is 0.120. The van der Waals surface area contributed by atoms with Crippen LogP contribution in [0, 0.1) is 0 Å². The first-order valence-corrected chi connectivity index (χ1v) is 12.9. The fourth-order valence-electron chi connectivity index (χ4n) is 4.75. The maximum atomic E-state index is 6.42. The van der Waals surface area contributed by atoms with Crippen LogP contribution in [-0.2, 0) is 0 Å². The molecular weight excluding hydrogens is 395 g/mol. The van der Waals surface area contributed by atoms with Crippen molar-refractivity contribution in [1.29, 1.82) is 0 Å². The zero-order valence-electron chi connectivity index (χ0n) is 19.5. The standard InChI is InChI=1S/C29H33OP/c1-19(2)30-26-17-15-22-11-7-9-13-24(22)28(26)29-25-14-10-8-12-23(25)16-18-27(29)31(20(3)4)21(5)6/h7-21H,1-6H3. The molecule has 0 unspecified atom stereocenters. The topological polar surface area (TPSA) is 9.23 Å². The highest BCUT2D eigenvalue weighted by Gasteiger charge is 2.26. The normalized spacial score (nSPS) is 12.1. The molecule has 0 radical (unpaired) electrons. The zero-order valence-corrected chi connectivity index (χ0v) is 20.4. The van der Waals surface area contributed by atoms with Crippen molar-refractivity contribution in [3.8, 4) is 16.9 Å². The van der Waals surface area contributed by atoms with Gasteiger partial charge in [-0.15, -0.1) is 0 Å². The second-order valence-electron chi connectivity index (χ2n) is 9.10. The second kappa shape index (κ2) is 9.01. The smallest absolute Gasteiger partial charge is 0.128 e. The van der Waals surface area contributed by atoms with Crippen molar-refractivity contribution in [3.63, 3.8) is 0 Å². The van der Waals surface area contributed by atoms with Crippen LogP contribution in [0.5, 0.6) is 5.75 Å². The van der Waals surface area contributed by atoms with Crippen molar-refractivity contribution in [1.82, 2.24) is 0 Å². The average molecular weight is 429 g/mol. The molecule has 0 aromatic heterocycles. The molecule has 0 N–H and O–H groups in total. The van der Waals surface area contributed by atoms with Gasteiger partial charge in [0, 0.05) is 11.1 Å². The molecule has 0 aliphatic rings. The fraction of sp³-hybridized carbons (Fsp3) is 0.310. The number of fused-ring (bicyclic) bond motifs is 2. The van der Waals surface area contributed by atoms with Gasteiger partial charge in [0.2, 0.25) is 0 Å². The van der Waals surface area contributed by atoms with Gasteiger partial charge in [-0.2, -0.15) is 0 Å². The summed E-state index contributed by atoms with van der Waals surface area (Å²) in [5.41, 5.74) is 3.82. The van der Waals surface area contributed by atoms with Crippen LogP contribution in [0.25, 0.3) is 32.7 Å².